The van der Waals surface area contributed by atoms with E-state index in [0.717, 1.165) is 105 Å². The lowest BCUT2D eigenvalue weighted by atomic mass is 9.47. The molecule has 10 nitrogen and oxygen atoms in total. The van der Waals surface area contributed by atoms with Gasteiger partial charge in [0, 0.05) is 37.8 Å². The molecule has 5 N–H and O–H groups in total. The van der Waals surface area contributed by atoms with Crippen LogP contribution in [0.15, 0.2) is 23.3 Å². The fraction of sp³-hybridized carbons (Fsp3) is 0.875. The number of aliphatic hydroxyl groups is 2. The Balaban J connectivity index is 0.000000217. The van der Waals surface area contributed by atoms with Crippen molar-refractivity contribution in [2.24, 2.45) is 80.8 Å². The van der Waals surface area contributed by atoms with Crippen molar-refractivity contribution in [3.63, 3.8) is 0 Å². The number of allylic oxidation sites excluding steroid dienone is 2. The van der Waals surface area contributed by atoms with Crippen molar-refractivity contribution in [2.45, 2.75) is 266 Å². The number of carbonyl (C=O) groups is 4. The second kappa shape index (κ2) is 23.7. The van der Waals surface area contributed by atoms with Crippen LogP contribution in [0.4, 0.5) is 0 Å². The van der Waals surface area contributed by atoms with Crippen LogP contribution in [0, 0.1) is 80.8 Å². The van der Waals surface area contributed by atoms with Crippen molar-refractivity contribution in [1.29, 1.82) is 0 Å². The average molecular weight is 1030 g/mol. The van der Waals surface area contributed by atoms with Gasteiger partial charge in [0.25, 0.3) is 0 Å². The number of esters is 1. The molecular formula is C64H106N2O8. The number of aliphatic carboxylic acids is 1. The Hall–Kier alpha value is -2.72. The van der Waals surface area contributed by atoms with Crippen molar-refractivity contribution in [3.8, 4) is 0 Å². The maximum Gasteiger partial charge on any atom is 0.305 e. The summed E-state index contributed by atoms with van der Waals surface area (Å²) >= 11 is 0. The third-order valence-corrected chi connectivity index (χ3v) is 22.8. The Morgan fingerprint density at radius 2 is 1.03 bits per heavy atom. The van der Waals surface area contributed by atoms with Gasteiger partial charge in [-0.05, 0) is 257 Å². The maximum absolute atomic E-state index is 12.6. The molecule has 0 spiro atoms. The van der Waals surface area contributed by atoms with Gasteiger partial charge in [0.2, 0.25) is 11.8 Å². The number of fused-ring (bicyclic) bond motifs is 10. The van der Waals surface area contributed by atoms with Gasteiger partial charge in [-0.2, -0.15) is 0 Å². The summed E-state index contributed by atoms with van der Waals surface area (Å²) in [6, 6.07) is 0.418. The summed E-state index contributed by atoms with van der Waals surface area (Å²) in [5, 5.41) is 35.9. The van der Waals surface area contributed by atoms with Crippen LogP contribution >= 0.6 is 0 Å². The van der Waals surface area contributed by atoms with Crippen LogP contribution in [-0.4, -0.2) is 69.0 Å². The molecule has 6 fully saturated rings. The van der Waals surface area contributed by atoms with Gasteiger partial charge in [-0.25, -0.2) is 0 Å². The first-order valence-electron chi connectivity index (χ1n) is 30.5. The van der Waals surface area contributed by atoms with E-state index in [-0.39, 0.29) is 47.1 Å². The Labute approximate surface area is 449 Å². The Morgan fingerprint density at radius 1 is 0.608 bits per heavy atom. The topological polar surface area (TPSA) is 162 Å². The predicted molar refractivity (Wildman–Crippen MR) is 296 cm³/mol. The van der Waals surface area contributed by atoms with Crippen molar-refractivity contribution < 1.29 is 39.2 Å². The molecule has 10 heteroatoms. The summed E-state index contributed by atoms with van der Waals surface area (Å²) in [7, 11) is 0. The van der Waals surface area contributed by atoms with Crippen LogP contribution in [0.25, 0.3) is 0 Å². The summed E-state index contributed by atoms with van der Waals surface area (Å²) in [5.41, 5.74) is 3.45. The zero-order valence-corrected chi connectivity index (χ0v) is 48.6. The van der Waals surface area contributed by atoms with Crippen LogP contribution in [0.2, 0.25) is 0 Å². The number of amides is 2. The lowest BCUT2D eigenvalue weighted by molar-refractivity contribution is -0.143. The van der Waals surface area contributed by atoms with Crippen LogP contribution in [0.5, 0.6) is 0 Å². The van der Waals surface area contributed by atoms with E-state index in [0.29, 0.717) is 61.4 Å². The average Bonchev–Trinajstić information content (AvgIpc) is 3.87. The summed E-state index contributed by atoms with van der Waals surface area (Å²) in [6.07, 6.45) is 30.8. The highest BCUT2D eigenvalue weighted by Crippen LogP contribution is 2.69. The molecule has 6 saturated carbocycles. The molecule has 8 aliphatic carbocycles. The first-order valence-corrected chi connectivity index (χ1v) is 30.5. The summed E-state index contributed by atoms with van der Waals surface area (Å²) < 4.78 is 4.97. The van der Waals surface area contributed by atoms with Gasteiger partial charge in [-0.15, -0.1) is 0 Å². The zero-order chi connectivity index (χ0) is 54.0. The zero-order valence-electron chi connectivity index (χ0n) is 48.6. The molecule has 2 amide bonds. The van der Waals surface area contributed by atoms with E-state index >= 15 is 0 Å². The van der Waals surface area contributed by atoms with Crippen LogP contribution in [0.3, 0.4) is 0 Å². The smallest absolute Gasteiger partial charge is 0.305 e. The standard InChI is InChI=1S/C33H55NO4.C31H51NO4/c1-7-38-30(36)10-8-9-29(35)34-24-16-19-32(5)23(21-24)11-12-25-27-14-13-26(22(2)15-18-31(3,4)37)33(27,6)20-17-28(25)32;1-20(13-16-29(2,3)36)24-11-12-25-23-10-9-21-19-22(32-27(33)7-6-8-28(34)35)14-17-30(21,4)26(23)15-18-31(24,25)5/h11,22,24-28,37H,7-10,12-21H2,1-6H3,(H,34,35);9,20,22-26,36H,6-8,10-19H2,1-5H3,(H,32,33)(H,34,35)/t22?,24-,25?,26+,27?,28?,32-,33+;20?,22-,23?,24+,25?,26?,30-,31+/m00/s1. The first-order chi connectivity index (χ1) is 34.7. The molecule has 74 heavy (non-hydrogen) atoms. The Morgan fingerprint density at radius 3 is 1.42 bits per heavy atom. The van der Waals surface area contributed by atoms with E-state index < -0.39 is 17.2 Å². The summed E-state index contributed by atoms with van der Waals surface area (Å²) in [5.74, 6) is 6.67. The summed E-state index contributed by atoms with van der Waals surface area (Å²) in [6.45, 7) is 25.1. The van der Waals surface area contributed by atoms with Gasteiger partial charge in [0.1, 0.15) is 0 Å². The molecule has 0 radical (unpaired) electrons. The largest absolute Gasteiger partial charge is 0.481 e. The molecule has 0 aromatic heterocycles. The van der Waals surface area contributed by atoms with Crippen LogP contribution in [-0.2, 0) is 23.9 Å². The number of carboxylic acids is 1. The van der Waals surface area contributed by atoms with Crippen molar-refractivity contribution >= 4 is 23.8 Å². The van der Waals surface area contributed by atoms with Gasteiger partial charge >= 0.3 is 11.9 Å². The molecule has 16 atom stereocenters. The Kier molecular flexibility index (Phi) is 18.9. The highest BCUT2D eigenvalue weighted by Gasteiger charge is 2.61. The normalized spacial score (nSPS) is 38.1. The molecule has 8 unspecified atom stereocenters. The number of ether oxygens (including phenoxy) is 1. The highest BCUT2D eigenvalue weighted by atomic mass is 16.5. The van der Waals surface area contributed by atoms with E-state index in [4.69, 9.17) is 9.84 Å². The minimum Gasteiger partial charge on any atom is -0.481 e. The lowest BCUT2D eigenvalue weighted by Crippen LogP contribution is -2.52. The summed E-state index contributed by atoms with van der Waals surface area (Å²) in [4.78, 5) is 47.2. The van der Waals surface area contributed by atoms with E-state index in [9.17, 15) is 29.4 Å². The van der Waals surface area contributed by atoms with E-state index in [1.165, 1.54) is 70.6 Å². The van der Waals surface area contributed by atoms with Crippen molar-refractivity contribution in [3.05, 3.63) is 23.3 Å². The van der Waals surface area contributed by atoms with Crippen molar-refractivity contribution in [1.82, 2.24) is 10.6 Å². The second-order valence-electron chi connectivity index (χ2n) is 28.6. The number of nitrogens with one attached hydrogen (secondary N) is 2. The van der Waals surface area contributed by atoms with Gasteiger partial charge in [-0.3, -0.25) is 19.2 Å². The predicted octanol–water partition coefficient (Wildman–Crippen LogP) is 13.5. The highest BCUT2D eigenvalue weighted by molar-refractivity contribution is 5.78. The number of carboxylic acid groups (broad SMARTS) is 1. The van der Waals surface area contributed by atoms with Crippen LogP contribution < -0.4 is 10.6 Å². The molecule has 8 aliphatic rings. The quantitative estimate of drug-likeness (QED) is 0.0631. The molecule has 0 aromatic carbocycles. The van der Waals surface area contributed by atoms with Crippen molar-refractivity contribution in [2.75, 3.05) is 6.61 Å². The minimum absolute atomic E-state index is 0.00303. The van der Waals surface area contributed by atoms with E-state index in [1.807, 2.05) is 34.6 Å². The fourth-order valence-electron chi connectivity index (χ4n) is 18.7. The molecule has 420 valence electrons. The fourth-order valence-corrected chi connectivity index (χ4v) is 18.7. The van der Waals surface area contributed by atoms with Gasteiger partial charge < -0.3 is 30.7 Å². The molecule has 0 saturated heterocycles. The van der Waals surface area contributed by atoms with Gasteiger partial charge in [-0.1, -0.05) is 64.8 Å². The number of hydrogen-bond donors (Lipinski definition) is 5. The minimum atomic E-state index is -0.834. The van der Waals surface area contributed by atoms with E-state index in [1.54, 1.807) is 11.1 Å². The SMILES string of the molecule is CC(CCC(C)(C)O)[C@H]1CCC2C3CC=C4C[C@@H](NC(=O)CCCC(=O)O)CC[C@]4(C)C3CC[C@@]21C.CCOC(=O)CCCC(=O)N[C@H]1CC[C@@]2(C)C(=CCC3C2CC[C@@]2(C)C3CC[C@@H]2C(C)CCC(C)(C)O)C1. The molecular weight excluding hydrogens is 925 g/mol. The third kappa shape index (κ3) is 13.2. The molecule has 0 aromatic rings. The third-order valence-electron chi connectivity index (χ3n) is 22.8. The number of rotatable bonds is 19. The Bertz CT molecular complexity index is 2030. The molecule has 8 rings (SSSR count). The lowest BCUT2D eigenvalue weighted by Gasteiger charge is -2.58. The van der Waals surface area contributed by atoms with Gasteiger partial charge in [0.05, 0.1) is 17.8 Å². The van der Waals surface area contributed by atoms with E-state index in [2.05, 4.69) is 64.3 Å². The van der Waals surface area contributed by atoms with Crippen LogP contribution in [0.1, 0.15) is 243 Å². The number of hydrogen-bond acceptors (Lipinski definition) is 7. The monoisotopic (exact) mass is 1030 g/mol. The second-order valence-corrected chi connectivity index (χ2v) is 28.6. The molecule has 0 heterocycles. The first kappa shape index (κ1) is 59.0. The van der Waals surface area contributed by atoms with Gasteiger partial charge in [0.15, 0.2) is 0 Å². The number of carbonyl (C=O) groups excluding carboxylic acids is 3. The maximum atomic E-state index is 12.6. The molecule has 0 aliphatic heterocycles. The molecule has 0 bridgehead atoms.